The zero-order chi connectivity index (χ0) is 18.0. The molecule has 0 bridgehead atoms. The third-order valence-electron chi connectivity index (χ3n) is 6.50. The van der Waals surface area contributed by atoms with Crippen molar-refractivity contribution < 1.29 is 9.59 Å². The summed E-state index contributed by atoms with van der Waals surface area (Å²) in [5, 5.41) is 3.45. The Morgan fingerprint density at radius 2 is 1.88 bits per heavy atom. The van der Waals surface area contributed by atoms with Gasteiger partial charge in [0.25, 0.3) is 5.91 Å². The van der Waals surface area contributed by atoms with Crippen molar-refractivity contribution in [2.75, 3.05) is 32.7 Å². The second kappa shape index (κ2) is 7.39. The molecule has 1 aromatic carbocycles. The fourth-order valence-electron chi connectivity index (χ4n) is 4.90. The van der Waals surface area contributed by atoms with Crippen LogP contribution in [0.1, 0.15) is 48.9 Å². The van der Waals surface area contributed by atoms with Gasteiger partial charge in [-0.2, -0.15) is 0 Å². The normalized spacial score (nSPS) is 26.2. The highest BCUT2D eigenvalue weighted by Gasteiger charge is 2.42. The third-order valence-corrected chi connectivity index (χ3v) is 6.50. The van der Waals surface area contributed by atoms with Crippen molar-refractivity contribution in [1.82, 2.24) is 15.1 Å². The van der Waals surface area contributed by atoms with E-state index in [2.05, 4.69) is 10.2 Å². The van der Waals surface area contributed by atoms with E-state index in [1.807, 2.05) is 35.2 Å². The first-order valence-corrected chi connectivity index (χ1v) is 10.0. The molecule has 26 heavy (non-hydrogen) atoms. The van der Waals surface area contributed by atoms with Crippen molar-refractivity contribution in [3.8, 4) is 0 Å². The Kier molecular flexibility index (Phi) is 4.98. The van der Waals surface area contributed by atoms with Gasteiger partial charge in [-0.15, -0.1) is 0 Å². The summed E-state index contributed by atoms with van der Waals surface area (Å²) < 4.78 is 0. The fourth-order valence-corrected chi connectivity index (χ4v) is 4.90. The number of carbonyl (C=O) groups excluding carboxylic acids is 2. The number of nitrogens with one attached hydrogen (secondary N) is 1. The van der Waals surface area contributed by atoms with E-state index in [1.54, 1.807) is 0 Å². The molecule has 5 nitrogen and oxygen atoms in total. The second-order valence-electron chi connectivity index (χ2n) is 8.18. The number of likely N-dealkylation sites (tertiary alicyclic amines) is 2. The van der Waals surface area contributed by atoms with E-state index < -0.39 is 0 Å². The number of hydrogen-bond acceptors (Lipinski definition) is 3. The summed E-state index contributed by atoms with van der Waals surface area (Å²) in [5.41, 5.74) is 1.04. The van der Waals surface area contributed by atoms with Gasteiger partial charge in [-0.1, -0.05) is 18.2 Å². The molecule has 3 heterocycles. The molecule has 5 heteroatoms. The van der Waals surface area contributed by atoms with Crippen LogP contribution in [0.4, 0.5) is 0 Å². The molecule has 0 unspecified atom stereocenters. The van der Waals surface area contributed by atoms with Crippen LogP contribution in [0.15, 0.2) is 30.3 Å². The summed E-state index contributed by atoms with van der Waals surface area (Å²) in [6.45, 7) is 4.47. The van der Waals surface area contributed by atoms with E-state index in [0.29, 0.717) is 18.4 Å². The lowest BCUT2D eigenvalue weighted by atomic mass is 9.72. The zero-order valence-corrected chi connectivity index (χ0v) is 15.5. The Morgan fingerprint density at radius 1 is 1.12 bits per heavy atom. The maximum Gasteiger partial charge on any atom is 0.253 e. The molecule has 3 aliphatic rings. The van der Waals surface area contributed by atoms with Gasteiger partial charge in [0, 0.05) is 37.7 Å². The van der Waals surface area contributed by atoms with E-state index in [0.717, 1.165) is 63.8 Å². The molecule has 3 aliphatic heterocycles. The molecule has 2 amide bonds. The molecule has 1 atom stereocenters. The molecule has 140 valence electrons. The van der Waals surface area contributed by atoms with Crippen molar-refractivity contribution in [2.24, 2.45) is 5.41 Å². The van der Waals surface area contributed by atoms with Gasteiger partial charge in [-0.05, 0) is 62.7 Å². The van der Waals surface area contributed by atoms with Crippen LogP contribution in [0.2, 0.25) is 0 Å². The van der Waals surface area contributed by atoms with Crippen molar-refractivity contribution in [3.63, 3.8) is 0 Å². The molecule has 0 aromatic heterocycles. The summed E-state index contributed by atoms with van der Waals surface area (Å²) in [5.74, 6) is 0.379. The number of piperidine rings is 3. The van der Waals surface area contributed by atoms with Crippen LogP contribution in [0.25, 0.3) is 0 Å². The maximum absolute atomic E-state index is 12.8. The van der Waals surface area contributed by atoms with Crippen LogP contribution in [0.5, 0.6) is 0 Å². The first-order chi connectivity index (χ1) is 12.7. The SMILES string of the molecule is O=C(c1ccccc1)N1CCC[C@@H](N2CC3(CCNCC3)CCC2=O)C1. The highest BCUT2D eigenvalue weighted by Crippen LogP contribution is 2.39. The molecule has 3 saturated heterocycles. The lowest BCUT2D eigenvalue weighted by molar-refractivity contribution is -0.142. The summed E-state index contributed by atoms with van der Waals surface area (Å²) >= 11 is 0. The molecule has 0 aliphatic carbocycles. The van der Waals surface area contributed by atoms with E-state index >= 15 is 0 Å². The van der Waals surface area contributed by atoms with Gasteiger partial charge in [0.15, 0.2) is 0 Å². The van der Waals surface area contributed by atoms with Crippen LogP contribution < -0.4 is 5.32 Å². The molecule has 0 saturated carbocycles. The first kappa shape index (κ1) is 17.5. The molecule has 1 aromatic rings. The monoisotopic (exact) mass is 355 g/mol. The Morgan fingerprint density at radius 3 is 2.65 bits per heavy atom. The maximum atomic E-state index is 12.8. The van der Waals surface area contributed by atoms with Crippen molar-refractivity contribution in [2.45, 2.75) is 44.6 Å². The van der Waals surface area contributed by atoms with E-state index in [9.17, 15) is 9.59 Å². The highest BCUT2D eigenvalue weighted by molar-refractivity contribution is 5.94. The highest BCUT2D eigenvalue weighted by atomic mass is 16.2. The van der Waals surface area contributed by atoms with Gasteiger partial charge >= 0.3 is 0 Å². The summed E-state index contributed by atoms with van der Waals surface area (Å²) in [7, 11) is 0. The average Bonchev–Trinajstić information content (AvgIpc) is 2.71. The van der Waals surface area contributed by atoms with Crippen molar-refractivity contribution in [3.05, 3.63) is 35.9 Å². The minimum Gasteiger partial charge on any atom is -0.337 e. The number of amides is 2. The van der Waals surface area contributed by atoms with Crippen LogP contribution in [0.3, 0.4) is 0 Å². The molecular weight excluding hydrogens is 326 g/mol. The zero-order valence-electron chi connectivity index (χ0n) is 15.5. The van der Waals surface area contributed by atoms with Crippen LogP contribution >= 0.6 is 0 Å². The van der Waals surface area contributed by atoms with Crippen molar-refractivity contribution >= 4 is 11.8 Å². The van der Waals surface area contributed by atoms with Crippen LogP contribution in [-0.4, -0.2) is 60.4 Å². The van der Waals surface area contributed by atoms with Gasteiger partial charge in [-0.3, -0.25) is 9.59 Å². The molecule has 1 spiro atoms. The summed E-state index contributed by atoms with van der Waals surface area (Å²) in [4.78, 5) is 29.6. The third kappa shape index (κ3) is 3.50. The van der Waals surface area contributed by atoms with Crippen LogP contribution in [0, 0.1) is 5.41 Å². The second-order valence-corrected chi connectivity index (χ2v) is 8.18. The number of benzene rings is 1. The quantitative estimate of drug-likeness (QED) is 0.886. The van der Waals surface area contributed by atoms with E-state index in [4.69, 9.17) is 0 Å². The van der Waals surface area contributed by atoms with Crippen molar-refractivity contribution in [1.29, 1.82) is 0 Å². The number of carbonyl (C=O) groups is 2. The minimum absolute atomic E-state index is 0.0938. The lowest BCUT2D eigenvalue weighted by Gasteiger charge is -2.49. The number of nitrogens with zero attached hydrogens (tertiary/aromatic N) is 2. The summed E-state index contributed by atoms with van der Waals surface area (Å²) in [6.07, 6.45) is 6.01. The van der Waals surface area contributed by atoms with E-state index in [-0.39, 0.29) is 17.9 Å². The average molecular weight is 355 g/mol. The Hall–Kier alpha value is -1.88. The Bertz CT molecular complexity index is 654. The van der Waals surface area contributed by atoms with Gasteiger partial charge in [0.1, 0.15) is 0 Å². The van der Waals surface area contributed by atoms with Crippen LogP contribution in [-0.2, 0) is 4.79 Å². The van der Waals surface area contributed by atoms with E-state index in [1.165, 1.54) is 0 Å². The molecule has 4 rings (SSSR count). The molecule has 0 radical (unpaired) electrons. The van der Waals surface area contributed by atoms with Gasteiger partial charge in [-0.25, -0.2) is 0 Å². The Balaban J connectivity index is 1.46. The van der Waals surface area contributed by atoms with Gasteiger partial charge in [0.2, 0.25) is 5.91 Å². The predicted octanol–water partition coefficient (Wildman–Crippen LogP) is 2.28. The minimum atomic E-state index is 0.0938. The van der Waals surface area contributed by atoms with Gasteiger partial charge < -0.3 is 15.1 Å². The molecule has 1 N–H and O–H groups in total. The smallest absolute Gasteiger partial charge is 0.253 e. The molecular formula is C21H29N3O2. The summed E-state index contributed by atoms with van der Waals surface area (Å²) in [6, 6.07) is 9.67. The number of rotatable bonds is 2. The lowest BCUT2D eigenvalue weighted by Crippen LogP contribution is -2.58. The molecule has 3 fully saturated rings. The van der Waals surface area contributed by atoms with Gasteiger partial charge in [0.05, 0.1) is 0 Å². The fraction of sp³-hybridized carbons (Fsp3) is 0.619. The standard InChI is InChI=1S/C21H29N3O2/c25-19-8-9-21(10-12-22-13-11-21)16-24(19)18-7-4-14-23(15-18)20(26)17-5-2-1-3-6-17/h1-3,5-6,18,22H,4,7-16H2/t18-/m1/s1. The number of hydrogen-bond donors (Lipinski definition) is 1. The largest absolute Gasteiger partial charge is 0.337 e. The topological polar surface area (TPSA) is 52.7 Å². The predicted molar refractivity (Wildman–Crippen MR) is 101 cm³/mol. The first-order valence-electron chi connectivity index (χ1n) is 10.0. The Labute approximate surface area is 155 Å².